The molecule has 9 nitrogen and oxygen atoms in total. The van der Waals surface area contributed by atoms with Gasteiger partial charge in [0.25, 0.3) is 11.6 Å². The van der Waals surface area contributed by atoms with Gasteiger partial charge in [-0.15, -0.1) is 0 Å². The van der Waals surface area contributed by atoms with Gasteiger partial charge in [0.2, 0.25) is 0 Å². The molecule has 1 amide bonds. The molecular weight excluding hydrogens is 471 g/mol. The highest BCUT2D eigenvalue weighted by atomic mass is 19.4. The van der Waals surface area contributed by atoms with Gasteiger partial charge in [0.05, 0.1) is 33.9 Å². The maximum atomic E-state index is 13.2. The monoisotopic (exact) mass is 495 g/mol. The summed E-state index contributed by atoms with van der Waals surface area (Å²) >= 11 is 0. The van der Waals surface area contributed by atoms with Crippen LogP contribution in [0.25, 0.3) is 0 Å². The number of esters is 1. The van der Waals surface area contributed by atoms with Crippen LogP contribution in [0.1, 0.15) is 35.3 Å². The fraction of sp³-hybridized carbons (Fsp3) is 0.391. The fourth-order valence-corrected chi connectivity index (χ4v) is 3.81. The molecule has 3 rings (SSSR count). The SMILES string of the molecule is CC1CN(Cc2ccc(C(=O)OCC(=O)Nc3ccc([N+](=O)[O-])cc3C(F)(F)F)cc2)CC(C)O1. The molecule has 35 heavy (non-hydrogen) atoms. The van der Waals surface area contributed by atoms with Crippen LogP contribution in [0.4, 0.5) is 24.5 Å². The summed E-state index contributed by atoms with van der Waals surface area (Å²) in [6.45, 7) is 5.42. The number of hydrogen-bond donors (Lipinski definition) is 1. The van der Waals surface area contributed by atoms with E-state index in [9.17, 15) is 32.9 Å². The zero-order valence-corrected chi connectivity index (χ0v) is 19.0. The van der Waals surface area contributed by atoms with E-state index in [0.29, 0.717) is 12.6 Å². The average Bonchev–Trinajstić information content (AvgIpc) is 2.76. The number of ether oxygens (including phenoxy) is 2. The van der Waals surface area contributed by atoms with Crippen molar-refractivity contribution in [3.05, 3.63) is 69.3 Å². The number of benzene rings is 2. The summed E-state index contributed by atoms with van der Waals surface area (Å²) in [6, 6.07) is 8.53. The van der Waals surface area contributed by atoms with Crippen molar-refractivity contribution in [1.82, 2.24) is 4.90 Å². The Kier molecular flexibility index (Phi) is 8.07. The van der Waals surface area contributed by atoms with Crippen molar-refractivity contribution in [1.29, 1.82) is 0 Å². The Morgan fingerprint density at radius 1 is 1.14 bits per heavy atom. The first-order chi connectivity index (χ1) is 16.4. The zero-order valence-electron chi connectivity index (χ0n) is 19.0. The normalized spacial score (nSPS) is 18.7. The molecule has 188 valence electrons. The number of nitro groups is 1. The topological polar surface area (TPSA) is 111 Å². The fourth-order valence-electron chi connectivity index (χ4n) is 3.81. The molecule has 1 fully saturated rings. The highest BCUT2D eigenvalue weighted by molar-refractivity contribution is 5.96. The number of carbonyl (C=O) groups excluding carboxylic acids is 2. The molecule has 2 aromatic rings. The minimum absolute atomic E-state index is 0.123. The standard InChI is InChI=1S/C23H24F3N3O6/c1-14-10-28(11-15(2)35-14)12-16-3-5-17(6-4-16)22(31)34-13-21(30)27-20-8-7-18(29(32)33)9-19(20)23(24,25)26/h3-9,14-15H,10-13H2,1-2H3,(H,27,30). The van der Waals surface area contributed by atoms with Crippen LogP contribution in [0.2, 0.25) is 0 Å². The predicted octanol–water partition coefficient (Wildman–Crippen LogP) is 4.02. The number of carbonyl (C=O) groups is 2. The van der Waals surface area contributed by atoms with Crippen LogP contribution in [0.3, 0.4) is 0 Å². The Hall–Kier alpha value is -3.51. The van der Waals surface area contributed by atoms with E-state index in [0.717, 1.165) is 30.8 Å². The van der Waals surface area contributed by atoms with Gasteiger partial charge in [-0.1, -0.05) is 12.1 Å². The van der Waals surface area contributed by atoms with Crippen molar-refractivity contribution in [3.63, 3.8) is 0 Å². The van der Waals surface area contributed by atoms with Crippen LogP contribution < -0.4 is 5.32 Å². The van der Waals surface area contributed by atoms with Gasteiger partial charge in [-0.2, -0.15) is 13.2 Å². The summed E-state index contributed by atoms with van der Waals surface area (Å²) < 4.78 is 50.3. The molecule has 1 N–H and O–H groups in total. The lowest BCUT2D eigenvalue weighted by Gasteiger charge is -2.35. The molecule has 2 unspecified atom stereocenters. The number of alkyl halides is 3. The summed E-state index contributed by atoms with van der Waals surface area (Å²) in [6.07, 6.45) is -4.70. The van der Waals surface area contributed by atoms with Crippen LogP contribution in [-0.2, 0) is 27.0 Å². The van der Waals surface area contributed by atoms with E-state index in [1.165, 1.54) is 0 Å². The lowest BCUT2D eigenvalue weighted by atomic mass is 10.1. The van der Waals surface area contributed by atoms with Crippen LogP contribution in [0, 0.1) is 10.1 Å². The predicted molar refractivity (Wildman–Crippen MR) is 119 cm³/mol. The summed E-state index contributed by atoms with van der Waals surface area (Å²) in [5.41, 5.74) is -1.69. The van der Waals surface area contributed by atoms with Crippen molar-refractivity contribution in [2.45, 2.75) is 38.8 Å². The Morgan fingerprint density at radius 2 is 1.77 bits per heavy atom. The van der Waals surface area contributed by atoms with E-state index in [4.69, 9.17) is 9.47 Å². The third-order valence-corrected chi connectivity index (χ3v) is 5.22. The van der Waals surface area contributed by atoms with E-state index in [1.807, 2.05) is 19.2 Å². The van der Waals surface area contributed by atoms with Crippen molar-refractivity contribution >= 4 is 23.3 Å². The van der Waals surface area contributed by atoms with Crippen LogP contribution in [-0.4, -0.2) is 53.6 Å². The first kappa shape index (κ1) is 26.1. The largest absolute Gasteiger partial charge is 0.452 e. The summed E-state index contributed by atoms with van der Waals surface area (Å²) in [5, 5.41) is 12.7. The van der Waals surface area contributed by atoms with E-state index in [-0.39, 0.29) is 17.8 Å². The van der Waals surface area contributed by atoms with Gasteiger partial charge in [-0.3, -0.25) is 19.8 Å². The van der Waals surface area contributed by atoms with Gasteiger partial charge < -0.3 is 14.8 Å². The number of amides is 1. The van der Waals surface area contributed by atoms with Crippen molar-refractivity contribution < 1.29 is 37.2 Å². The number of rotatable bonds is 7. The number of anilines is 1. The smallest absolute Gasteiger partial charge is 0.418 e. The molecule has 0 saturated carbocycles. The average molecular weight is 495 g/mol. The van der Waals surface area contributed by atoms with Gasteiger partial charge >= 0.3 is 12.1 Å². The molecule has 1 aliphatic heterocycles. The summed E-state index contributed by atoms with van der Waals surface area (Å²) in [4.78, 5) is 36.3. The second kappa shape index (κ2) is 10.8. The van der Waals surface area contributed by atoms with Gasteiger partial charge in [0.1, 0.15) is 0 Å². The lowest BCUT2D eigenvalue weighted by Crippen LogP contribution is -2.44. The van der Waals surface area contributed by atoms with E-state index in [1.54, 1.807) is 24.3 Å². The number of nitrogens with zero attached hydrogens (tertiary/aromatic N) is 2. The highest BCUT2D eigenvalue weighted by Gasteiger charge is 2.35. The Morgan fingerprint density at radius 3 is 2.34 bits per heavy atom. The van der Waals surface area contributed by atoms with Gasteiger partial charge in [0, 0.05) is 31.8 Å². The summed E-state index contributed by atoms with van der Waals surface area (Å²) in [7, 11) is 0. The molecule has 1 saturated heterocycles. The van der Waals surface area contributed by atoms with E-state index >= 15 is 0 Å². The van der Waals surface area contributed by atoms with E-state index in [2.05, 4.69) is 4.90 Å². The quantitative estimate of drug-likeness (QED) is 0.351. The molecular formula is C23H24F3N3O6. The lowest BCUT2D eigenvalue weighted by molar-refractivity contribution is -0.385. The molecule has 1 aliphatic rings. The number of nitro benzene ring substituents is 1. The molecule has 1 heterocycles. The first-order valence-electron chi connectivity index (χ1n) is 10.7. The number of halogens is 3. The maximum Gasteiger partial charge on any atom is 0.418 e. The maximum absolute atomic E-state index is 13.2. The Bertz CT molecular complexity index is 1080. The van der Waals surface area contributed by atoms with Gasteiger partial charge in [-0.25, -0.2) is 4.79 Å². The molecule has 12 heteroatoms. The van der Waals surface area contributed by atoms with Crippen LogP contribution in [0.15, 0.2) is 42.5 Å². The van der Waals surface area contributed by atoms with Crippen molar-refractivity contribution in [2.24, 2.45) is 0 Å². The second-order valence-corrected chi connectivity index (χ2v) is 8.26. The van der Waals surface area contributed by atoms with E-state index < -0.39 is 46.5 Å². The number of nitrogens with one attached hydrogen (secondary N) is 1. The summed E-state index contributed by atoms with van der Waals surface area (Å²) in [5.74, 6) is -1.84. The third kappa shape index (κ3) is 7.23. The minimum Gasteiger partial charge on any atom is -0.452 e. The molecule has 0 aromatic heterocycles. The number of non-ortho nitro benzene ring substituents is 1. The third-order valence-electron chi connectivity index (χ3n) is 5.22. The Labute approximate surface area is 199 Å². The molecule has 0 bridgehead atoms. The number of hydrogen-bond acceptors (Lipinski definition) is 7. The number of morpholine rings is 1. The molecule has 2 atom stereocenters. The molecule has 2 aromatic carbocycles. The van der Waals surface area contributed by atoms with Crippen LogP contribution in [0.5, 0.6) is 0 Å². The van der Waals surface area contributed by atoms with Crippen molar-refractivity contribution in [3.8, 4) is 0 Å². The highest BCUT2D eigenvalue weighted by Crippen LogP contribution is 2.37. The Balaban J connectivity index is 1.56. The first-order valence-corrected chi connectivity index (χ1v) is 10.7. The van der Waals surface area contributed by atoms with Gasteiger partial charge in [0.15, 0.2) is 6.61 Å². The zero-order chi connectivity index (χ0) is 25.8. The molecule has 0 spiro atoms. The van der Waals surface area contributed by atoms with Crippen molar-refractivity contribution in [2.75, 3.05) is 25.0 Å². The minimum atomic E-state index is -4.94. The van der Waals surface area contributed by atoms with Crippen LogP contribution >= 0.6 is 0 Å². The molecule has 0 aliphatic carbocycles. The van der Waals surface area contributed by atoms with Gasteiger partial charge in [-0.05, 0) is 37.6 Å². The second-order valence-electron chi connectivity index (χ2n) is 8.26. The molecule has 0 radical (unpaired) electrons.